The zero-order valence-corrected chi connectivity index (χ0v) is 13.5. The van der Waals surface area contributed by atoms with Gasteiger partial charge in [0.25, 0.3) is 0 Å². The van der Waals surface area contributed by atoms with Crippen LogP contribution in [0.3, 0.4) is 0 Å². The number of morpholine rings is 1. The number of carbonyl (C=O) groups is 1. The molecule has 3 heterocycles. The van der Waals surface area contributed by atoms with Gasteiger partial charge in [-0.05, 0) is 25.8 Å². The molecule has 6 nitrogen and oxygen atoms in total. The summed E-state index contributed by atoms with van der Waals surface area (Å²) >= 11 is 0. The highest BCUT2D eigenvalue weighted by Crippen LogP contribution is 2.24. The first kappa shape index (κ1) is 16.2. The molecule has 0 spiro atoms. The van der Waals surface area contributed by atoms with Gasteiger partial charge in [-0.15, -0.1) is 0 Å². The molecule has 0 aromatic carbocycles. The zero-order chi connectivity index (χ0) is 15.4. The molecular formula is C16H28N2O4. The van der Waals surface area contributed by atoms with Crippen molar-refractivity contribution in [1.29, 1.82) is 0 Å². The van der Waals surface area contributed by atoms with Crippen LogP contribution in [0.5, 0.6) is 0 Å². The summed E-state index contributed by atoms with van der Waals surface area (Å²) in [4.78, 5) is 16.7. The molecule has 3 aliphatic heterocycles. The third-order valence-corrected chi connectivity index (χ3v) is 4.88. The van der Waals surface area contributed by atoms with Crippen molar-refractivity contribution >= 4 is 5.91 Å². The first-order chi connectivity index (χ1) is 10.8. The van der Waals surface area contributed by atoms with Gasteiger partial charge < -0.3 is 19.1 Å². The van der Waals surface area contributed by atoms with E-state index in [1.807, 2.05) is 4.90 Å². The maximum Gasteiger partial charge on any atom is 0.236 e. The predicted octanol–water partition coefficient (Wildman–Crippen LogP) is 0.709. The topological polar surface area (TPSA) is 51.2 Å². The van der Waals surface area contributed by atoms with Gasteiger partial charge in [0.1, 0.15) is 0 Å². The quantitative estimate of drug-likeness (QED) is 0.765. The molecule has 6 heteroatoms. The van der Waals surface area contributed by atoms with Crippen molar-refractivity contribution in [2.75, 3.05) is 52.5 Å². The van der Waals surface area contributed by atoms with Crippen molar-refractivity contribution in [2.24, 2.45) is 5.92 Å². The van der Waals surface area contributed by atoms with Crippen LogP contribution in [0.2, 0.25) is 0 Å². The Bertz CT molecular complexity index is 373. The largest absolute Gasteiger partial charge is 0.375 e. The van der Waals surface area contributed by atoms with E-state index in [2.05, 4.69) is 11.8 Å². The summed E-state index contributed by atoms with van der Waals surface area (Å²) < 4.78 is 16.9. The molecule has 2 unspecified atom stereocenters. The van der Waals surface area contributed by atoms with Gasteiger partial charge >= 0.3 is 0 Å². The monoisotopic (exact) mass is 312 g/mol. The fourth-order valence-electron chi connectivity index (χ4n) is 3.59. The van der Waals surface area contributed by atoms with Crippen molar-refractivity contribution in [3.05, 3.63) is 0 Å². The summed E-state index contributed by atoms with van der Waals surface area (Å²) in [7, 11) is 0. The second kappa shape index (κ2) is 7.73. The number of carbonyl (C=O) groups excluding carboxylic acids is 1. The van der Waals surface area contributed by atoms with E-state index in [4.69, 9.17) is 14.2 Å². The van der Waals surface area contributed by atoms with E-state index in [9.17, 15) is 4.79 Å². The van der Waals surface area contributed by atoms with Crippen LogP contribution in [0.25, 0.3) is 0 Å². The van der Waals surface area contributed by atoms with Crippen LogP contribution in [-0.4, -0.2) is 80.6 Å². The van der Waals surface area contributed by atoms with E-state index >= 15 is 0 Å². The molecule has 0 aliphatic carbocycles. The maximum absolute atomic E-state index is 12.5. The van der Waals surface area contributed by atoms with Crippen molar-refractivity contribution in [2.45, 2.75) is 38.6 Å². The average molecular weight is 312 g/mol. The van der Waals surface area contributed by atoms with E-state index in [0.29, 0.717) is 32.3 Å². The Morgan fingerprint density at radius 2 is 1.91 bits per heavy atom. The van der Waals surface area contributed by atoms with Gasteiger partial charge in [-0.3, -0.25) is 9.69 Å². The molecule has 0 N–H and O–H groups in total. The van der Waals surface area contributed by atoms with E-state index in [-0.39, 0.29) is 18.3 Å². The molecule has 0 aromatic heterocycles. The summed E-state index contributed by atoms with van der Waals surface area (Å²) in [5.41, 5.74) is 0. The predicted molar refractivity (Wildman–Crippen MR) is 81.5 cm³/mol. The van der Waals surface area contributed by atoms with E-state index < -0.39 is 0 Å². The second-order valence-electron chi connectivity index (χ2n) is 6.49. The van der Waals surface area contributed by atoms with Gasteiger partial charge in [0, 0.05) is 25.6 Å². The smallest absolute Gasteiger partial charge is 0.236 e. The Morgan fingerprint density at radius 1 is 1.09 bits per heavy atom. The van der Waals surface area contributed by atoms with Gasteiger partial charge in [-0.1, -0.05) is 6.92 Å². The molecule has 0 radical (unpaired) electrons. The molecule has 0 aromatic rings. The van der Waals surface area contributed by atoms with Gasteiger partial charge in [0.2, 0.25) is 5.91 Å². The van der Waals surface area contributed by atoms with Gasteiger partial charge in [-0.2, -0.15) is 0 Å². The van der Waals surface area contributed by atoms with Crippen LogP contribution in [0.4, 0.5) is 0 Å². The first-order valence-electron chi connectivity index (χ1n) is 8.61. The minimum atomic E-state index is -0.0641. The zero-order valence-electron chi connectivity index (χ0n) is 13.5. The SMILES string of the molecule is CCC1CN(C(=O)CN2CCCC(C3OCCO3)C2)CCO1. The number of amides is 1. The Labute approximate surface area is 132 Å². The number of piperidine rings is 1. The summed E-state index contributed by atoms with van der Waals surface area (Å²) in [5, 5.41) is 0. The number of nitrogens with zero attached hydrogens (tertiary/aromatic N) is 2. The van der Waals surface area contributed by atoms with E-state index in [0.717, 1.165) is 45.4 Å². The van der Waals surface area contributed by atoms with Gasteiger partial charge in [0.05, 0.1) is 32.5 Å². The Balaban J connectivity index is 1.48. The fourth-order valence-corrected chi connectivity index (χ4v) is 3.59. The van der Waals surface area contributed by atoms with Crippen molar-refractivity contribution < 1.29 is 19.0 Å². The minimum Gasteiger partial charge on any atom is -0.375 e. The third-order valence-electron chi connectivity index (χ3n) is 4.88. The number of hydrogen-bond acceptors (Lipinski definition) is 5. The molecule has 3 rings (SSSR count). The number of rotatable bonds is 4. The standard InChI is InChI=1S/C16H28N2O4/c1-2-14-11-18(6-7-20-14)15(19)12-17-5-3-4-13(10-17)16-21-8-9-22-16/h13-14,16H,2-12H2,1H3. The Hall–Kier alpha value is -0.690. The lowest BCUT2D eigenvalue weighted by Crippen LogP contribution is -2.50. The molecule has 2 atom stereocenters. The molecule has 3 aliphatic rings. The van der Waals surface area contributed by atoms with Crippen LogP contribution < -0.4 is 0 Å². The molecule has 126 valence electrons. The fraction of sp³-hybridized carbons (Fsp3) is 0.938. The van der Waals surface area contributed by atoms with Crippen molar-refractivity contribution in [1.82, 2.24) is 9.80 Å². The van der Waals surface area contributed by atoms with E-state index in [1.54, 1.807) is 0 Å². The molecule has 0 saturated carbocycles. The first-order valence-corrected chi connectivity index (χ1v) is 8.61. The lowest BCUT2D eigenvalue weighted by molar-refractivity contribution is -0.142. The van der Waals surface area contributed by atoms with Crippen LogP contribution in [0.1, 0.15) is 26.2 Å². The molecule has 3 fully saturated rings. The van der Waals surface area contributed by atoms with Crippen molar-refractivity contribution in [3.8, 4) is 0 Å². The molecular weight excluding hydrogens is 284 g/mol. The van der Waals surface area contributed by atoms with Gasteiger partial charge in [0.15, 0.2) is 6.29 Å². The summed E-state index contributed by atoms with van der Waals surface area (Å²) in [5.74, 6) is 0.632. The third kappa shape index (κ3) is 3.98. The second-order valence-corrected chi connectivity index (χ2v) is 6.49. The molecule has 22 heavy (non-hydrogen) atoms. The highest BCUT2D eigenvalue weighted by Gasteiger charge is 2.32. The van der Waals surface area contributed by atoms with Crippen LogP contribution >= 0.6 is 0 Å². The summed E-state index contributed by atoms with van der Waals surface area (Å²) in [6.45, 7) is 8.04. The Morgan fingerprint density at radius 3 is 2.68 bits per heavy atom. The highest BCUT2D eigenvalue weighted by molar-refractivity contribution is 5.78. The van der Waals surface area contributed by atoms with Crippen LogP contribution in [-0.2, 0) is 19.0 Å². The van der Waals surface area contributed by atoms with Crippen LogP contribution in [0, 0.1) is 5.92 Å². The molecule has 0 bridgehead atoms. The number of hydrogen-bond donors (Lipinski definition) is 0. The highest BCUT2D eigenvalue weighted by atomic mass is 16.7. The Kier molecular flexibility index (Phi) is 5.68. The van der Waals surface area contributed by atoms with Crippen LogP contribution in [0.15, 0.2) is 0 Å². The molecule has 3 saturated heterocycles. The van der Waals surface area contributed by atoms with E-state index in [1.165, 1.54) is 0 Å². The lowest BCUT2D eigenvalue weighted by Gasteiger charge is -2.37. The number of likely N-dealkylation sites (tertiary alicyclic amines) is 1. The van der Waals surface area contributed by atoms with Crippen molar-refractivity contribution in [3.63, 3.8) is 0 Å². The normalized spacial score (nSPS) is 31.6. The summed E-state index contributed by atoms with van der Waals surface area (Å²) in [6, 6.07) is 0. The van der Waals surface area contributed by atoms with Gasteiger partial charge in [-0.25, -0.2) is 0 Å². The molecule has 1 amide bonds. The summed E-state index contributed by atoms with van der Waals surface area (Å²) in [6.07, 6.45) is 3.34. The average Bonchev–Trinajstić information content (AvgIpc) is 3.10. The maximum atomic E-state index is 12.5. The lowest BCUT2D eigenvalue weighted by atomic mass is 9.97. The number of ether oxygens (including phenoxy) is 3. The minimum absolute atomic E-state index is 0.0641.